The van der Waals surface area contributed by atoms with Crippen LogP contribution in [-0.4, -0.2) is 11.7 Å². The number of aliphatic hydroxyl groups excluding tert-OH is 1. The molecule has 1 fully saturated rings. The van der Waals surface area contributed by atoms with Crippen molar-refractivity contribution in [3.05, 3.63) is 53.1 Å². The second-order valence-electron chi connectivity index (χ2n) is 4.91. The maximum Gasteiger partial charge on any atom is 0.0471 e. The van der Waals surface area contributed by atoms with Crippen LogP contribution >= 0.6 is 0 Å². The van der Waals surface area contributed by atoms with Crippen LogP contribution in [0.2, 0.25) is 0 Å². The lowest BCUT2D eigenvalue weighted by Crippen LogP contribution is -1.99. The van der Waals surface area contributed by atoms with E-state index in [1.807, 2.05) is 6.07 Å². The van der Waals surface area contributed by atoms with Crippen molar-refractivity contribution in [1.82, 2.24) is 0 Å². The number of benzene rings is 1. The zero-order chi connectivity index (χ0) is 12.6. The highest BCUT2D eigenvalue weighted by atomic mass is 16.2. The predicted octanol–water partition coefficient (Wildman–Crippen LogP) is 4.34. The average molecular weight is 242 g/mol. The smallest absolute Gasteiger partial charge is 0.0471 e. The van der Waals surface area contributed by atoms with E-state index in [-0.39, 0.29) is 6.61 Å². The number of hydrogen-bond donors (Lipinski definition) is 1. The van der Waals surface area contributed by atoms with Gasteiger partial charge in [0.25, 0.3) is 0 Å². The maximum absolute atomic E-state index is 9.20. The van der Waals surface area contributed by atoms with E-state index in [9.17, 15) is 5.11 Å². The van der Waals surface area contributed by atoms with Crippen LogP contribution in [0.1, 0.15) is 44.1 Å². The fourth-order valence-electron chi connectivity index (χ4n) is 2.56. The van der Waals surface area contributed by atoms with Crippen molar-refractivity contribution in [2.75, 3.05) is 6.61 Å². The Hall–Kier alpha value is -1.34. The zero-order valence-electron chi connectivity index (χ0n) is 10.9. The highest BCUT2D eigenvalue weighted by molar-refractivity contribution is 5.53. The molecule has 96 valence electrons. The van der Waals surface area contributed by atoms with E-state index in [1.165, 1.54) is 43.2 Å². The summed E-state index contributed by atoms with van der Waals surface area (Å²) in [4.78, 5) is 0. The Bertz CT molecular complexity index is 406. The van der Waals surface area contributed by atoms with E-state index in [0.29, 0.717) is 0 Å². The van der Waals surface area contributed by atoms with Gasteiger partial charge in [-0.1, -0.05) is 54.5 Å². The molecule has 0 bridgehead atoms. The molecule has 0 aliphatic heterocycles. The minimum atomic E-state index is 0.248. The normalized spacial score (nSPS) is 16.2. The van der Waals surface area contributed by atoms with Crippen molar-refractivity contribution in [3.8, 4) is 0 Å². The molecule has 1 heteroatoms. The van der Waals surface area contributed by atoms with Crippen molar-refractivity contribution < 1.29 is 5.11 Å². The molecule has 0 amide bonds. The Morgan fingerprint density at radius 3 is 2.44 bits per heavy atom. The SMILES string of the molecule is OCCC(/C=C/c1ccccc1)=C1CCCCC1. The maximum atomic E-state index is 9.20. The summed E-state index contributed by atoms with van der Waals surface area (Å²) in [5.74, 6) is 0. The van der Waals surface area contributed by atoms with Crippen LogP contribution < -0.4 is 0 Å². The molecule has 1 saturated carbocycles. The first-order chi connectivity index (χ1) is 8.90. The first-order valence-corrected chi connectivity index (χ1v) is 6.95. The first-order valence-electron chi connectivity index (χ1n) is 6.95. The fraction of sp³-hybridized carbons (Fsp3) is 0.412. The van der Waals surface area contributed by atoms with Crippen LogP contribution in [0.15, 0.2) is 47.6 Å². The standard InChI is InChI=1S/C17H22O/c18-14-13-17(16-9-5-2-6-10-16)12-11-15-7-3-1-4-8-15/h1,3-4,7-8,11-12,18H,2,5-6,9-10,13-14H2/b12-11+. The molecule has 1 aromatic carbocycles. The van der Waals surface area contributed by atoms with Gasteiger partial charge < -0.3 is 5.11 Å². The average Bonchev–Trinajstić information content (AvgIpc) is 2.45. The number of hydrogen-bond acceptors (Lipinski definition) is 1. The predicted molar refractivity (Wildman–Crippen MR) is 77.3 cm³/mol. The van der Waals surface area contributed by atoms with Gasteiger partial charge in [-0.15, -0.1) is 0 Å². The summed E-state index contributed by atoms with van der Waals surface area (Å²) in [6.45, 7) is 0.248. The highest BCUT2D eigenvalue weighted by Crippen LogP contribution is 2.28. The molecular formula is C17H22O. The quantitative estimate of drug-likeness (QED) is 0.832. The van der Waals surface area contributed by atoms with Crippen molar-refractivity contribution >= 4 is 6.08 Å². The minimum absolute atomic E-state index is 0.248. The van der Waals surface area contributed by atoms with Crippen LogP contribution in [0.4, 0.5) is 0 Å². The Morgan fingerprint density at radius 2 is 1.78 bits per heavy atom. The summed E-state index contributed by atoms with van der Waals surface area (Å²) in [5, 5.41) is 9.20. The molecule has 1 aliphatic rings. The summed E-state index contributed by atoms with van der Waals surface area (Å²) in [5.41, 5.74) is 4.13. The van der Waals surface area contributed by atoms with E-state index >= 15 is 0 Å². The zero-order valence-corrected chi connectivity index (χ0v) is 10.9. The van der Waals surface area contributed by atoms with E-state index in [2.05, 4.69) is 36.4 Å². The molecule has 0 unspecified atom stereocenters. The number of rotatable bonds is 4. The lowest BCUT2D eigenvalue weighted by molar-refractivity contribution is 0.299. The largest absolute Gasteiger partial charge is 0.396 e. The Morgan fingerprint density at radius 1 is 1.06 bits per heavy atom. The van der Waals surface area contributed by atoms with Gasteiger partial charge in [-0.3, -0.25) is 0 Å². The fourth-order valence-corrected chi connectivity index (χ4v) is 2.56. The van der Waals surface area contributed by atoms with Crippen LogP contribution in [0.3, 0.4) is 0 Å². The molecular weight excluding hydrogens is 220 g/mol. The van der Waals surface area contributed by atoms with Crippen LogP contribution in [0.5, 0.6) is 0 Å². The van der Waals surface area contributed by atoms with Crippen LogP contribution in [0, 0.1) is 0 Å². The van der Waals surface area contributed by atoms with E-state index in [0.717, 1.165) is 6.42 Å². The Balaban J connectivity index is 2.13. The second kappa shape index (κ2) is 7.17. The van der Waals surface area contributed by atoms with Gasteiger partial charge >= 0.3 is 0 Å². The molecule has 0 radical (unpaired) electrons. The first kappa shape index (κ1) is 13.1. The molecule has 0 aromatic heterocycles. The summed E-state index contributed by atoms with van der Waals surface area (Å²) < 4.78 is 0. The van der Waals surface area contributed by atoms with Crippen molar-refractivity contribution in [1.29, 1.82) is 0 Å². The molecule has 2 rings (SSSR count). The van der Waals surface area contributed by atoms with Gasteiger partial charge in [0.05, 0.1) is 0 Å². The van der Waals surface area contributed by atoms with Crippen molar-refractivity contribution in [2.45, 2.75) is 38.5 Å². The third-order valence-electron chi connectivity index (χ3n) is 3.57. The van der Waals surface area contributed by atoms with E-state index in [1.54, 1.807) is 5.57 Å². The summed E-state index contributed by atoms with van der Waals surface area (Å²) >= 11 is 0. The van der Waals surface area contributed by atoms with Gasteiger partial charge in [0.15, 0.2) is 0 Å². The molecule has 18 heavy (non-hydrogen) atoms. The monoisotopic (exact) mass is 242 g/mol. The molecule has 0 spiro atoms. The van der Waals surface area contributed by atoms with Gasteiger partial charge in [-0.2, -0.15) is 0 Å². The van der Waals surface area contributed by atoms with Crippen molar-refractivity contribution in [3.63, 3.8) is 0 Å². The molecule has 1 aromatic rings. The van der Waals surface area contributed by atoms with Gasteiger partial charge in [0.1, 0.15) is 0 Å². The van der Waals surface area contributed by atoms with Gasteiger partial charge in [0, 0.05) is 6.61 Å². The second-order valence-corrected chi connectivity index (χ2v) is 4.91. The number of allylic oxidation sites excluding steroid dienone is 2. The van der Waals surface area contributed by atoms with Gasteiger partial charge in [-0.25, -0.2) is 0 Å². The third-order valence-corrected chi connectivity index (χ3v) is 3.57. The molecule has 0 heterocycles. The van der Waals surface area contributed by atoms with Crippen LogP contribution in [0.25, 0.3) is 6.08 Å². The lowest BCUT2D eigenvalue weighted by atomic mass is 9.89. The Kier molecular flexibility index (Phi) is 5.22. The molecule has 1 nitrogen and oxygen atoms in total. The topological polar surface area (TPSA) is 20.2 Å². The molecule has 1 aliphatic carbocycles. The van der Waals surface area contributed by atoms with E-state index < -0.39 is 0 Å². The highest BCUT2D eigenvalue weighted by Gasteiger charge is 2.09. The third kappa shape index (κ3) is 3.85. The van der Waals surface area contributed by atoms with Gasteiger partial charge in [0.2, 0.25) is 0 Å². The Labute approximate surface area is 110 Å². The summed E-state index contributed by atoms with van der Waals surface area (Å²) in [6, 6.07) is 10.4. The molecule has 1 N–H and O–H groups in total. The summed E-state index contributed by atoms with van der Waals surface area (Å²) in [7, 11) is 0. The lowest BCUT2D eigenvalue weighted by Gasteiger charge is -2.17. The molecule has 0 atom stereocenters. The minimum Gasteiger partial charge on any atom is -0.396 e. The summed E-state index contributed by atoms with van der Waals surface area (Å²) in [6.07, 6.45) is 11.6. The van der Waals surface area contributed by atoms with Crippen LogP contribution in [-0.2, 0) is 0 Å². The molecule has 0 saturated heterocycles. The van der Waals surface area contributed by atoms with Gasteiger partial charge in [-0.05, 0) is 43.2 Å². The number of aliphatic hydroxyl groups is 1. The van der Waals surface area contributed by atoms with E-state index in [4.69, 9.17) is 0 Å². The van der Waals surface area contributed by atoms with Crippen molar-refractivity contribution in [2.24, 2.45) is 0 Å².